The summed E-state index contributed by atoms with van der Waals surface area (Å²) in [5.74, 6) is 0.923. The highest BCUT2D eigenvalue weighted by Crippen LogP contribution is 2.29. The van der Waals surface area contributed by atoms with Crippen molar-refractivity contribution in [1.82, 2.24) is 0 Å². The highest BCUT2D eigenvalue weighted by atomic mass is 14.9. The van der Waals surface area contributed by atoms with Crippen molar-refractivity contribution in [2.24, 2.45) is 5.92 Å². The van der Waals surface area contributed by atoms with Gasteiger partial charge in [-0.25, -0.2) is 0 Å². The Morgan fingerprint density at radius 3 is 2.80 bits per heavy atom. The molecular formula is C13H16N2. The molecule has 0 radical (unpaired) electrons. The van der Waals surface area contributed by atoms with Crippen LogP contribution in [0.4, 0.5) is 5.69 Å². The van der Waals surface area contributed by atoms with Gasteiger partial charge in [-0.05, 0) is 24.5 Å². The van der Waals surface area contributed by atoms with Crippen molar-refractivity contribution >= 4 is 5.69 Å². The number of anilines is 1. The number of hydrogen-bond donors (Lipinski definition) is 1. The minimum Gasteiger partial charge on any atom is -0.384 e. The molecular weight excluding hydrogens is 184 g/mol. The van der Waals surface area contributed by atoms with Crippen molar-refractivity contribution < 1.29 is 0 Å². The molecule has 2 heteroatoms. The Hall–Kier alpha value is -1.49. The maximum absolute atomic E-state index is 8.89. The van der Waals surface area contributed by atoms with Crippen LogP contribution in [0.2, 0.25) is 0 Å². The lowest BCUT2D eigenvalue weighted by Gasteiger charge is -2.25. The highest BCUT2D eigenvalue weighted by Gasteiger charge is 2.16. The molecule has 0 saturated heterocycles. The Bertz CT molecular complexity index is 361. The summed E-state index contributed by atoms with van der Waals surface area (Å²) in [4.78, 5) is 0. The van der Waals surface area contributed by atoms with E-state index in [1.165, 1.54) is 25.7 Å². The second kappa shape index (κ2) is 4.84. The normalized spacial score (nSPS) is 15.4. The maximum Gasteiger partial charge on any atom is 0.101 e. The van der Waals surface area contributed by atoms with Gasteiger partial charge in [0, 0.05) is 6.54 Å². The maximum atomic E-state index is 8.89. The number of nitriles is 1. The van der Waals surface area contributed by atoms with Gasteiger partial charge in [0.05, 0.1) is 11.3 Å². The predicted molar refractivity (Wildman–Crippen MR) is 61.6 cm³/mol. The van der Waals surface area contributed by atoms with Gasteiger partial charge in [-0.15, -0.1) is 0 Å². The van der Waals surface area contributed by atoms with Crippen LogP contribution in [0.25, 0.3) is 0 Å². The first-order chi connectivity index (χ1) is 7.40. The van der Waals surface area contributed by atoms with E-state index in [0.29, 0.717) is 0 Å². The second-order valence-corrected chi connectivity index (χ2v) is 4.17. The lowest BCUT2D eigenvalue weighted by atomic mass is 9.83. The number of nitrogens with zero attached hydrogens (tertiary/aromatic N) is 1. The molecule has 1 saturated carbocycles. The monoisotopic (exact) mass is 200 g/mol. The van der Waals surface area contributed by atoms with E-state index in [-0.39, 0.29) is 0 Å². The number of hydrogen-bond acceptors (Lipinski definition) is 2. The molecule has 2 nitrogen and oxygen atoms in total. The fourth-order valence-electron chi connectivity index (χ4n) is 1.93. The van der Waals surface area contributed by atoms with Gasteiger partial charge in [0.2, 0.25) is 0 Å². The Morgan fingerprint density at radius 2 is 2.13 bits per heavy atom. The van der Waals surface area contributed by atoms with Crippen LogP contribution in [0.15, 0.2) is 24.3 Å². The van der Waals surface area contributed by atoms with Crippen molar-refractivity contribution in [2.45, 2.75) is 25.7 Å². The van der Waals surface area contributed by atoms with Crippen molar-refractivity contribution in [3.63, 3.8) is 0 Å². The van der Waals surface area contributed by atoms with Crippen molar-refractivity contribution in [3.05, 3.63) is 29.8 Å². The van der Waals surface area contributed by atoms with E-state index in [0.717, 1.165) is 23.7 Å². The third-order valence-corrected chi connectivity index (χ3v) is 3.14. The topological polar surface area (TPSA) is 35.8 Å². The molecule has 1 fully saturated rings. The molecule has 1 aromatic rings. The van der Waals surface area contributed by atoms with E-state index in [1.54, 1.807) is 0 Å². The summed E-state index contributed by atoms with van der Waals surface area (Å²) >= 11 is 0. The smallest absolute Gasteiger partial charge is 0.101 e. The first kappa shape index (κ1) is 10.0. The van der Waals surface area contributed by atoms with Gasteiger partial charge in [0.25, 0.3) is 0 Å². The van der Waals surface area contributed by atoms with Gasteiger partial charge in [0.15, 0.2) is 0 Å². The number of benzene rings is 1. The molecule has 15 heavy (non-hydrogen) atoms. The molecule has 0 amide bonds. The summed E-state index contributed by atoms with van der Waals surface area (Å²) in [6.45, 7) is 0.989. The predicted octanol–water partition coefficient (Wildman–Crippen LogP) is 3.16. The van der Waals surface area contributed by atoms with Crippen LogP contribution in [0.5, 0.6) is 0 Å². The van der Waals surface area contributed by atoms with Crippen LogP contribution >= 0.6 is 0 Å². The van der Waals surface area contributed by atoms with Crippen LogP contribution in [-0.2, 0) is 0 Å². The number of para-hydroxylation sites is 1. The van der Waals surface area contributed by atoms with Gasteiger partial charge in [0.1, 0.15) is 6.07 Å². The first-order valence-electron chi connectivity index (χ1n) is 5.63. The van der Waals surface area contributed by atoms with E-state index < -0.39 is 0 Å². The Kier molecular flexibility index (Phi) is 3.24. The van der Waals surface area contributed by atoms with Gasteiger partial charge in [-0.1, -0.05) is 31.4 Å². The van der Waals surface area contributed by atoms with Crippen LogP contribution in [-0.4, -0.2) is 6.54 Å². The zero-order valence-corrected chi connectivity index (χ0v) is 8.87. The van der Waals surface area contributed by atoms with E-state index in [9.17, 15) is 0 Å². The fourth-order valence-corrected chi connectivity index (χ4v) is 1.93. The minimum atomic E-state index is 0.742. The quantitative estimate of drug-likeness (QED) is 0.810. The zero-order chi connectivity index (χ0) is 10.5. The molecule has 2 rings (SSSR count). The van der Waals surface area contributed by atoms with E-state index in [2.05, 4.69) is 11.4 Å². The summed E-state index contributed by atoms with van der Waals surface area (Å²) in [5.41, 5.74) is 1.71. The van der Waals surface area contributed by atoms with E-state index >= 15 is 0 Å². The van der Waals surface area contributed by atoms with Crippen molar-refractivity contribution in [3.8, 4) is 6.07 Å². The van der Waals surface area contributed by atoms with Crippen LogP contribution in [0.1, 0.15) is 31.2 Å². The van der Waals surface area contributed by atoms with Crippen LogP contribution in [0.3, 0.4) is 0 Å². The summed E-state index contributed by atoms with van der Waals surface area (Å²) in [6.07, 6.45) is 5.42. The third kappa shape index (κ3) is 2.50. The minimum absolute atomic E-state index is 0.742. The molecule has 0 aromatic heterocycles. The van der Waals surface area contributed by atoms with Crippen LogP contribution < -0.4 is 5.32 Å². The van der Waals surface area contributed by atoms with Crippen LogP contribution in [0, 0.1) is 17.2 Å². The molecule has 0 bridgehead atoms. The molecule has 1 N–H and O–H groups in total. The Morgan fingerprint density at radius 1 is 1.33 bits per heavy atom. The fraction of sp³-hybridized carbons (Fsp3) is 0.462. The molecule has 0 atom stereocenters. The van der Waals surface area contributed by atoms with Gasteiger partial charge >= 0.3 is 0 Å². The average molecular weight is 200 g/mol. The molecule has 1 aliphatic carbocycles. The van der Waals surface area contributed by atoms with E-state index in [1.807, 2.05) is 24.3 Å². The molecule has 0 aliphatic heterocycles. The average Bonchev–Trinajstić information content (AvgIpc) is 2.22. The third-order valence-electron chi connectivity index (χ3n) is 3.14. The lowest BCUT2D eigenvalue weighted by Crippen LogP contribution is -2.15. The first-order valence-corrected chi connectivity index (χ1v) is 5.63. The van der Waals surface area contributed by atoms with Gasteiger partial charge in [-0.2, -0.15) is 5.26 Å². The largest absolute Gasteiger partial charge is 0.384 e. The summed E-state index contributed by atoms with van der Waals surface area (Å²) in [5, 5.41) is 12.2. The summed E-state index contributed by atoms with van der Waals surface area (Å²) in [6, 6.07) is 9.89. The molecule has 0 unspecified atom stereocenters. The summed E-state index contributed by atoms with van der Waals surface area (Å²) < 4.78 is 0. The standard InChI is InChI=1S/C13H16N2/c14-10-12-6-1-2-7-13(12)15-9-8-11-4-3-5-11/h1-2,6-7,11,15H,3-5,8-9H2. The summed E-state index contributed by atoms with van der Waals surface area (Å²) in [7, 11) is 0. The zero-order valence-electron chi connectivity index (χ0n) is 8.87. The number of rotatable bonds is 4. The highest BCUT2D eigenvalue weighted by molar-refractivity contribution is 5.56. The molecule has 0 heterocycles. The van der Waals surface area contributed by atoms with Gasteiger partial charge < -0.3 is 5.32 Å². The van der Waals surface area contributed by atoms with E-state index in [4.69, 9.17) is 5.26 Å². The second-order valence-electron chi connectivity index (χ2n) is 4.17. The molecule has 1 aromatic carbocycles. The molecule has 1 aliphatic rings. The Balaban J connectivity index is 1.84. The molecule has 0 spiro atoms. The van der Waals surface area contributed by atoms with Crippen molar-refractivity contribution in [1.29, 1.82) is 5.26 Å². The van der Waals surface area contributed by atoms with Gasteiger partial charge in [-0.3, -0.25) is 0 Å². The Labute approximate surface area is 90.9 Å². The number of nitrogens with one attached hydrogen (secondary N) is 1. The lowest BCUT2D eigenvalue weighted by molar-refractivity contribution is 0.303. The van der Waals surface area contributed by atoms with Crippen molar-refractivity contribution in [2.75, 3.05) is 11.9 Å². The molecule has 78 valence electrons. The SMILES string of the molecule is N#Cc1ccccc1NCCC1CCC1.